The first-order valence-corrected chi connectivity index (χ1v) is 7.16. The highest BCUT2D eigenvalue weighted by atomic mass is 35.5. The van der Waals surface area contributed by atoms with Crippen LogP contribution >= 0.6 is 11.6 Å². The number of hydrogen-bond acceptors (Lipinski definition) is 3. The molecule has 0 atom stereocenters. The van der Waals surface area contributed by atoms with Crippen LogP contribution in [0, 0.1) is 13.8 Å². The molecule has 1 aliphatic heterocycles. The highest BCUT2D eigenvalue weighted by Crippen LogP contribution is 2.36. The number of ketones is 1. The second-order valence-corrected chi connectivity index (χ2v) is 5.48. The maximum atomic E-state index is 12.8. The molecule has 0 spiro atoms. The maximum Gasteiger partial charge on any atom is 0.195 e. The Kier molecular flexibility index (Phi) is 3.60. The van der Waals surface area contributed by atoms with Crippen LogP contribution in [0.4, 0.5) is 0 Å². The lowest BCUT2D eigenvalue weighted by Crippen LogP contribution is -2.16. The summed E-state index contributed by atoms with van der Waals surface area (Å²) in [5.74, 6) is 1.07. The molecule has 0 aliphatic carbocycles. The van der Waals surface area contributed by atoms with E-state index in [1.165, 1.54) is 0 Å². The molecule has 0 fully saturated rings. The zero-order valence-electron chi connectivity index (χ0n) is 11.9. The zero-order chi connectivity index (χ0) is 15.0. The monoisotopic (exact) mass is 302 g/mol. The molecular weight excluding hydrogens is 288 g/mol. The molecule has 0 bridgehead atoms. The fourth-order valence-corrected chi connectivity index (χ4v) is 2.78. The van der Waals surface area contributed by atoms with Gasteiger partial charge in [-0.2, -0.15) is 0 Å². The standard InChI is InChI=1S/C17H15ClO3/c1-10-4-3-5-11(2)16(10)17(19)12-8-14-15(9-13(12)18)21-7-6-20-14/h3-5,8-9H,6-7H2,1-2H3. The van der Waals surface area contributed by atoms with Gasteiger partial charge < -0.3 is 9.47 Å². The van der Waals surface area contributed by atoms with Crippen LogP contribution in [-0.4, -0.2) is 19.0 Å². The summed E-state index contributed by atoms with van der Waals surface area (Å²) in [5, 5.41) is 0.381. The molecule has 0 amide bonds. The van der Waals surface area contributed by atoms with Crippen molar-refractivity contribution in [1.29, 1.82) is 0 Å². The van der Waals surface area contributed by atoms with Gasteiger partial charge in [0.15, 0.2) is 17.3 Å². The van der Waals surface area contributed by atoms with Crippen LogP contribution < -0.4 is 9.47 Å². The third kappa shape index (κ3) is 2.49. The van der Waals surface area contributed by atoms with Gasteiger partial charge in [0, 0.05) is 17.2 Å². The van der Waals surface area contributed by atoms with Gasteiger partial charge in [-0.05, 0) is 31.0 Å². The highest BCUT2D eigenvalue weighted by Gasteiger charge is 2.21. The van der Waals surface area contributed by atoms with Gasteiger partial charge in [0.05, 0.1) is 5.02 Å². The summed E-state index contributed by atoms with van der Waals surface area (Å²) >= 11 is 6.25. The second-order valence-electron chi connectivity index (χ2n) is 5.07. The van der Waals surface area contributed by atoms with Gasteiger partial charge in [-0.25, -0.2) is 0 Å². The van der Waals surface area contributed by atoms with Crippen molar-refractivity contribution in [3.05, 3.63) is 57.6 Å². The van der Waals surface area contributed by atoms with E-state index in [-0.39, 0.29) is 5.78 Å². The van der Waals surface area contributed by atoms with Crippen molar-refractivity contribution in [3.8, 4) is 11.5 Å². The van der Waals surface area contributed by atoms with E-state index in [0.717, 1.165) is 11.1 Å². The molecule has 3 nitrogen and oxygen atoms in total. The Morgan fingerprint density at radius 2 is 1.62 bits per heavy atom. The average Bonchev–Trinajstić information content (AvgIpc) is 2.46. The van der Waals surface area contributed by atoms with Crippen LogP contribution in [0.1, 0.15) is 27.0 Å². The van der Waals surface area contributed by atoms with Crippen molar-refractivity contribution < 1.29 is 14.3 Å². The normalized spacial score (nSPS) is 13.1. The summed E-state index contributed by atoms with van der Waals surface area (Å²) in [5.41, 5.74) is 3.01. The average molecular weight is 303 g/mol. The van der Waals surface area contributed by atoms with Crippen molar-refractivity contribution >= 4 is 17.4 Å². The highest BCUT2D eigenvalue weighted by molar-refractivity contribution is 6.35. The lowest BCUT2D eigenvalue weighted by molar-refractivity contribution is 0.103. The maximum absolute atomic E-state index is 12.8. The van der Waals surface area contributed by atoms with Crippen molar-refractivity contribution in [1.82, 2.24) is 0 Å². The SMILES string of the molecule is Cc1cccc(C)c1C(=O)c1cc2c(cc1Cl)OCCO2. The van der Waals surface area contributed by atoms with E-state index in [9.17, 15) is 4.79 Å². The van der Waals surface area contributed by atoms with Crippen LogP contribution in [0.2, 0.25) is 5.02 Å². The number of carbonyl (C=O) groups is 1. The fraction of sp³-hybridized carbons (Fsp3) is 0.235. The molecule has 2 aromatic rings. The van der Waals surface area contributed by atoms with E-state index in [0.29, 0.717) is 40.9 Å². The molecule has 0 unspecified atom stereocenters. The predicted octanol–water partition coefficient (Wildman–Crippen LogP) is 3.96. The molecule has 4 heteroatoms. The number of rotatable bonds is 2. The Hall–Kier alpha value is -2.00. The van der Waals surface area contributed by atoms with E-state index in [2.05, 4.69) is 0 Å². The Morgan fingerprint density at radius 1 is 1.05 bits per heavy atom. The number of aryl methyl sites for hydroxylation is 2. The third-order valence-electron chi connectivity index (χ3n) is 3.58. The molecule has 2 aromatic carbocycles. The number of halogens is 1. The molecule has 0 aromatic heterocycles. The number of carbonyl (C=O) groups excluding carboxylic acids is 1. The van der Waals surface area contributed by atoms with Gasteiger partial charge in [-0.15, -0.1) is 0 Å². The van der Waals surface area contributed by atoms with Crippen LogP contribution in [0.25, 0.3) is 0 Å². The van der Waals surface area contributed by atoms with Crippen molar-refractivity contribution in [2.24, 2.45) is 0 Å². The number of fused-ring (bicyclic) bond motifs is 1. The van der Waals surface area contributed by atoms with Gasteiger partial charge in [-0.1, -0.05) is 29.8 Å². The van der Waals surface area contributed by atoms with Gasteiger partial charge in [0.1, 0.15) is 13.2 Å². The first kappa shape index (κ1) is 14.0. The second kappa shape index (κ2) is 5.41. The topological polar surface area (TPSA) is 35.5 Å². The predicted molar refractivity (Wildman–Crippen MR) is 81.8 cm³/mol. The number of ether oxygens (including phenoxy) is 2. The summed E-state index contributed by atoms with van der Waals surface area (Å²) in [7, 11) is 0. The van der Waals surface area contributed by atoms with Crippen molar-refractivity contribution in [3.63, 3.8) is 0 Å². The third-order valence-corrected chi connectivity index (χ3v) is 3.90. The summed E-state index contributed by atoms with van der Waals surface area (Å²) in [6.45, 7) is 4.82. The van der Waals surface area contributed by atoms with E-state index in [1.807, 2.05) is 32.0 Å². The largest absolute Gasteiger partial charge is 0.486 e. The molecule has 1 heterocycles. The van der Waals surface area contributed by atoms with Gasteiger partial charge in [0.25, 0.3) is 0 Å². The number of hydrogen-bond donors (Lipinski definition) is 0. The van der Waals surface area contributed by atoms with E-state index >= 15 is 0 Å². The summed E-state index contributed by atoms with van der Waals surface area (Å²) in [4.78, 5) is 12.8. The first-order chi connectivity index (χ1) is 10.1. The summed E-state index contributed by atoms with van der Waals surface area (Å²) in [6, 6.07) is 9.10. The van der Waals surface area contributed by atoms with E-state index in [1.54, 1.807) is 12.1 Å². The lowest BCUT2D eigenvalue weighted by atomic mass is 9.94. The molecule has 21 heavy (non-hydrogen) atoms. The fourth-order valence-electron chi connectivity index (χ4n) is 2.55. The van der Waals surface area contributed by atoms with E-state index in [4.69, 9.17) is 21.1 Å². The van der Waals surface area contributed by atoms with Crippen LogP contribution in [0.3, 0.4) is 0 Å². The first-order valence-electron chi connectivity index (χ1n) is 6.78. The minimum absolute atomic E-state index is 0.0902. The molecule has 0 N–H and O–H groups in total. The molecule has 1 aliphatic rings. The van der Waals surface area contributed by atoms with Gasteiger partial charge in [0.2, 0.25) is 0 Å². The molecule has 108 valence electrons. The van der Waals surface area contributed by atoms with E-state index < -0.39 is 0 Å². The summed E-state index contributed by atoms with van der Waals surface area (Å²) in [6.07, 6.45) is 0. The molecule has 0 radical (unpaired) electrons. The van der Waals surface area contributed by atoms with Crippen molar-refractivity contribution in [2.75, 3.05) is 13.2 Å². The Balaban J connectivity index is 2.10. The van der Waals surface area contributed by atoms with Crippen LogP contribution in [0.15, 0.2) is 30.3 Å². The molecule has 0 saturated heterocycles. The van der Waals surface area contributed by atoms with Gasteiger partial charge in [-0.3, -0.25) is 4.79 Å². The number of benzene rings is 2. The Morgan fingerprint density at radius 3 is 2.24 bits per heavy atom. The molecular formula is C17H15ClO3. The lowest BCUT2D eigenvalue weighted by Gasteiger charge is -2.20. The Labute approximate surface area is 128 Å². The molecule has 3 rings (SSSR count). The zero-order valence-corrected chi connectivity index (χ0v) is 12.7. The van der Waals surface area contributed by atoms with Crippen LogP contribution in [0.5, 0.6) is 11.5 Å². The minimum Gasteiger partial charge on any atom is -0.486 e. The van der Waals surface area contributed by atoms with Crippen LogP contribution in [-0.2, 0) is 0 Å². The minimum atomic E-state index is -0.0902. The summed E-state index contributed by atoms with van der Waals surface area (Å²) < 4.78 is 11.0. The van der Waals surface area contributed by atoms with Gasteiger partial charge >= 0.3 is 0 Å². The Bertz CT molecular complexity index is 702. The smallest absolute Gasteiger partial charge is 0.195 e. The molecule has 0 saturated carbocycles. The quantitative estimate of drug-likeness (QED) is 0.788. The van der Waals surface area contributed by atoms with Crippen molar-refractivity contribution in [2.45, 2.75) is 13.8 Å².